The number of aromatic nitrogens is 3. The van der Waals surface area contributed by atoms with Gasteiger partial charge < -0.3 is 0 Å². The van der Waals surface area contributed by atoms with Gasteiger partial charge in [-0.3, -0.25) is 0 Å². The Morgan fingerprint density at radius 1 is 1.05 bits per heavy atom. The molecule has 0 aliphatic carbocycles. The second-order valence-corrected chi connectivity index (χ2v) is 5.07. The van der Waals surface area contributed by atoms with E-state index in [1.54, 1.807) is 29.2 Å². The minimum absolute atomic E-state index is 0.562. The molecule has 0 aliphatic heterocycles. The van der Waals surface area contributed by atoms with Crippen molar-refractivity contribution in [1.29, 1.82) is 5.26 Å². The van der Waals surface area contributed by atoms with Crippen LogP contribution in [0.5, 0.6) is 0 Å². The molecule has 0 bridgehead atoms. The molecule has 0 unspecified atom stereocenters. The minimum Gasteiger partial charge on any atom is -0.237 e. The van der Waals surface area contributed by atoms with E-state index in [-0.39, 0.29) is 0 Å². The lowest BCUT2D eigenvalue weighted by Gasteiger charge is -2.07. The summed E-state index contributed by atoms with van der Waals surface area (Å²) in [7, 11) is 0. The largest absolute Gasteiger partial charge is 0.237 e. The highest BCUT2D eigenvalue weighted by Gasteiger charge is 2.08. The first-order valence-corrected chi connectivity index (χ1v) is 6.74. The van der Waals surface area contributed by atoms with Gasteiger partial charge in [0.05, 0.1) is 23.5 Å². The van der Waals surface area contributed by atoms with Crippen molar-refractivity contribution in [2.24, 2.45) is 0 Å². The van der Waals surface area contributed by atoms with Gasteiger partial charge in [0, 0.05) is 22.3 Å². The summed E-state index contributed by atoms with van der Waals surface area (Å²) in [5, 5.41) is 13.3. The Morgan fingerprint density at radius 3 is 2.60 bits per heavy atom. The summed E-state index contributed by atoms with van der Waals surface area (Å²) in [4.78, 5) is 4.27. The molecule has 0 saturated heterocycles. The van der Waals surface area contributed by atoms with Crippen LogP contribution in [-0.2, 0) is 0 Å². The van der Waals surface area contributed by atoms with Crippen molar-refractivity contribution in [2.45, 2.75) is 0 Å². The number of hydrogen-bond donors (Lipinski definition) is 0. The molecule has 0 aliphatic rings. The van der Waals surface area contributed by atoms with Crippen molar-refractivity contribution in [3.05, 3.63) is 64.9 Å². The Morgan fingerprint density at radius 2 is 1.85 bits per heavy atom. The summed E-state index contributed by atoms with van der Waals surface area (Å²) < 4.78 is 2.75. The lowest BCUT2D eigenvalue weighted by molar-refractivity contribution is 0.853. The highest BCUT2D eigenvalue weighted by atomic mass is 79.9. The zero-order chi connectivity index (χ0) is 13.9. The van der Waals surface area contributed by atoms with Crippen LogP contribution in [-0.4, -0.2) is 14.8 Å². The van der Waals surface area contributed by atoms with Crippen LogP contribution < -0.4 is 0 Å². The van der Waals surface area contributed by atoms with E-state index in [1.807, 2.05) is 30.3 Å². The van der Waals surface area contributed by atoms with Crippen molar-refractivity contribution >= 4 is 15.9 Å². The minimum atomic E-state index is 0.562. The highest BCUT2D eigenvalue weighted by Crippen LogP contribution is 2.23. The molecular formula is C15H9BrN4. The van der Waals surface area contributed by atoms with Gasteiger partial charge in [0.1, 0.15) is 0 Å². The fourth-order valence-corrected chi connectivity index (χ4v) is 2.19. The molecule has 3 aromatic rings. The van der Waals surface area contributed by atoms with Crippen LogP contribution in [0.4, 0.5) is 0 Å². The number of halogens is 1. The van der Waals surface area contributed by atoms with Gasteiger partial charge in [-0.1, -0.05) is 28.1 Å². The van der Waals surface area contributed by atoms with Crippen LogP contribution in [0.3, 0.4) is 0 Å². The quantitative estimate of drug-likeness (QED) is 0.724. The first-order chi connectivity index (χ1) is 9.78. The van der Waals surface area contributed by atoms with Gasteiger partial charge in [0.2, 0.25) is 0 Å². The Balaban J connectivity index is 2.10. The van der Waals surface area contributed by atoms with Gasteiger partial charge in [0.25, 0.3) is 0 Å². The average molecular weight is 325 g/mol. The van der Waals surface area contributed by atoms with Crippen LogP contribution >= 0.6 is 15.9 Å². The monoisotopic (exact) mass is 324 g/mol. The van der Waals surface area contributed by atoms with Crippen LogP contribution in [0.25, 0.3) is 17.1 Å². The lowest BCUT2D eigenvalue weighted by atomic mass is 10.1. The number of nitrogens with zero attached hydrogens (tertiary/aromatic N) is 4. The van der Waals surface area contributed by atoms with E-state index in [1.165, 1.54) is 0 Å². The first-order valence-electron chi connectivity index (χ1n) is 5.94. The van der Waals surface area contributed by atoms with Crippen LogP contribution in [0.15, 0.2) is 59.3 Å². The molecule has 5 heteroatoms. The summed E-state index contributed by atoms with van der Waals surface area (Å²) in [5.41, 5.74) is 2.53. The molecule has 0 fully saturated rings. The summed E-state index contributed by atoms with van der Waals surface area (Å²) in [6.07, 6.45) is 3.33. The second-order valence-electron chi connectivity index (χ2n) is 4.15. The first kappa shape index (κ1) is 12.6. The van der Waals surface area contributed by atoms with Crippen LogP contribution in [0, 0.1) is 11.3 Å². The molecule has 2 aromatic heterocycles. The molecule has 0 atom stereocenters. The Labute approximate surface area is 124 Å². The smallest absolute Gasteiger partial charge is 0.155 e. The Bertz CT molecular complexity index is 784. The third-order valence-corrected chi connectivity index (χ3v) is 3.40. The molecule has 0 spiro atoms. The normalized spacial score (nSPS) is 10.2. The van der Waals surface area contributed by atoms with Crippen LogP contribution in [0.2, 0.25) is 0 Å². The van der Waals surface area contributed by atoms with E-state index in [9.17, 15) is 0 Å². The molecular weight excluding hydrogens is 316 g/mol. The highest BCUT2D eigenvalue weighted by molar-refractivity contribution is 9.10. The molecule has 0 amide bonds. The van der Waals surface area contributed by atoms with Gasteiger partial charge in [-0.05, 0) is 24.3 Å². The Kier molecular flexibility index (Phi) is 3.32. The van der Waals surface area contributed by atoms with Crippen molar-refractivity contribution in [1.82, 2.24) is 14.8 Å². The van der Waals surface area contributed by atoms with E-state index < -0.39 is 0 Å². The third kappa shape index (κ3) is 2.33. The van der Waals surface area contributed by atoms with Crippen molar-refractivity contribution in [3.63, 3.8) is 0 Å². The molecule has 4 nitrogen and oxygen atoms in total. The topological polar surface area (TPSA) is 54.5 Å². The molecule has 3 rings (SSSR count). The fourth-order valence-electron chi connectivity index (χ4n) is 1.93. The number of hydrogen-bond acceptors (Lipinski definition) is 3. The van der Waals surface area contributed by atoms with Crippen molar-refractivity contribution in [3.8, 4) is 23.1 Å². The summed E-state index contributed by atoms with van der Waals surface area (Å²) in [6, 6.07) is 15.4. The van der Waals surface area contributed by atoms with Gasteiger partial charge in [-0.25, -0.2) is 9.67 Å². The SMILES string of the molecule is N#Cc1ccnc(-n2nccc2-c2ccc(Br)cc2)c1. The maximum atomic E-state index is 8.96. The predicted molar refractivity (Wildman–Crippen MR) is 79.2 cm³/mol. The van der Waals surface area contributed by atoms with Gasteiger partial charge >= 0.3 is 0 Å². The van der Waals surface area contributed by atoms with E-state index in [2.05, 4.69) is 32.1 Å². The zero-order valence-electron chi connectivity index (χ0n) is 10.4. The van der Waals surface area contributed by atoms with Crippen LogP contribution in [0.1, 0.15) is 5.56 Å². The molecule has 2 heterocycles. The molecule has 0 N–H and O–H groups in total. The predicted octanol–water partition coefficient (Wildman–Crippen LogP) is 3.57. The summed E-state index contributed by atoms with van der Waals surface area (Å²) in [5.74, 6) is 0.631. The number of pyridine rings is 1. The van der Waals surface area contributed by atoms with E-state index in [0.717, 1.165) is 15.7 Å². The molecule has 20 heavy (non-hydrogen) atoms. The average Bonchev–Trinajstić information content (AvgIpc) is 2.97. The lowest BCUT2D eigenvalue weighted by Crippen LogP contribution is -2.01. The maximum absolute atomic E-state index is 8.96. The molecule has 0 saturated carbocycles. The van der Waals surface area contributed by atoms with E-state index >= 15 is 0 Å². The van der Waals surface area contributed by atoms with E-state index in [4.69, 9.17) is 5.26 Å². The summed E-state index contributed by atoms with van der Waals surface area (Å²) >= 11 is 3.42. The van der Waals surface area contributed by atoms with Crippen molar-refractivity contribution < 1.29 is 0 Å². The molecule has 0 radical (unpaired) electrons. The number of benzene rings is 1. The third-order valence-electron chi connectivity index (χ3n) is 2.87. The fraction of sp³-hybridized carbons (Fsp3) is 0. The summed E-state index contributed by atoms with van der Waals surface area (Å²) in [6.45, 7) is 0. The van der Waals surface area contributed by atoms with Crippen molar-refractivity contribution in [2.75, 3.05) is 0 Å². The van der Waals surface area contributed by atoms with Gasteiger partial charge in [0.15, 0.2) is 5.82 Å². The second kappa shape index (κ2) is 5.27. The van der Waals surface area contributed by atoms with E-state index in [0.29, 0.717) is 11.4 Å². The van der Waals surface area contributed by atoms with Gasteiger partial charge in [-0.15, -0.1) is 0 Å². The van der Waals surface area contributed by atoms with Gasteiger partial charge in [-0.2, -0.15) is 10.4 Å². The zero-order valence-corrected chi connectivity index (χ0v) is 11.9. The number of nitriles is 1. The standard InChI is InChI=1S/C15H9BrN4/c16-13-3-1-12(2-4-13)14-6-8-19-20(14)15-9-11(10-17)5-7-18-15/h1-9H. The Hall–Kier alpha value is -2.45. The number of rotatable bonds is 2. The molecule has 96 valence electrons. The maximum Gasteiger partial charge on any atom is 0.155 e. The molecule has 1 aromatic carbocycles.